The summed E-state index contributed by atoms with van der Waals surface area (Å²) >= 11 is 0. The minimum Gasteiger partial charge on any atom is -0.465 e. The van der Waals surface area contributed by atoms with Crippen molar-refractivity contribution in [3.8, 4) is 0 Å². The number of esters is 1. The Morgan fingerprint density at radius 3 is 2.35 bits per heavy atom. The zero-order chi connectivity index (χ0) is 17.8. The molecule has 0 aliphatic heterocycles. The van der Waals surface area contributed by atoms with E-state index in [1.54, 1.807) is 6.92 Å². The van der Waals surface area contributed by atoms with Gasteiger partial charge in [-0.05, 0) is 37.8 Å². The van der Waals surface area contributed by atoms with Gasteiger partial charge in [-0.15, -0.1) is 0 Å². The summed E-state index contributed by atoms with van der Waals surface area (Å²) in [7, 11) is -3.08. The maximum Gasteiger partial charge on any atom is 0.341 e. The Morgan fingerprint density at radius 1 is 1.22 bits per heavy atom. The highest BCUT2D eigenvalue weighted by molar-refractivity contribution is 7.89. The van der Waals surface area contributed by atoms with Gasteiger partial charge in [0.25, 0.3) is 0 Å². The van der Waals surface area contributed by atoms with E-state index in [0.29, 0.717) is 18.4 Å². The first-order valence-electron chi connectivity index (χ1n) is 7.18. The first kappa shape index (κ1) is 19.5. The van der Waals surface area contributed by atoms with Crippen molar-refractivity contribution < 1.29 is 26.7 Å². The van der Waals surface area contributed by atoms with Crippen LogP contribution in [0.3, 0.4) is 0 Å². The highest BCUT2D eigenvalue weighted by atomic mass is 32.2. The van der Waals surface area contributed by atoms with Crippen LogP contribution in [0.5, 0.6) is 0 Å². The number of rotatable bonds is 7. The van der Waals surface area contributed by atoms with Crippen molar-refractivity contribution >= 4 is 16.0 Å². The molecule has 23 heavy (non-hydrogen) atoms. The zero-order valence-electron chi connectivity index (χ0n) is 13.5. The van der Waals surface area contributed by atoms with Gasteiger partial charge >= 0.3 is 5.97 Å². The number of methoxy groups -OCH3 is 1. The summed E-state index contributed by atoms with van der Waals surface area (Å²) in [6.07, 6.45) is 1.42. The maximum atomic E-state index is 13.6. The molecule has 0 bridgehead atoms. The second-order valence-electron chi connectivity index (χ2n) is 5.75. The molecule has 1 aromatic rings. The lowest BCUT2D eigenvalue weighted by molar-refractivity contribution is 0.0594. The van der Waals surface area contributed by atoms with Gasteiger partial charge < -0.3 is 4.74 Å². The molecule has 1 N–H and O–H groups in total. The topological polar surface area (TPSA) is 72.5 Å². The van der Waals surface area contributed by atoms with Crippen LogP contribution in [0.1, 0.15) is 44.0 Å². The minimum absolute atomic E-state index is 0.378. The molecule has 0 aliphatic carbocycles. The standard InChI is InChI=1S/C15H21F2NO4S/c1-9(2)5-6-10(3)18-23(20,21)11-7-12(15(19)22-4)14(17)13(16)8-11/h7-10,18H,5-6H2,1-4H3/t10-/m0/s1. The Hall–Kier alpha value is -1.54. The molecule has 8 heteroatoms. The Bertz CT molecular complexity index is 674. The number of sulfonamides is 1. The molecule has 0 aromatic heterocycles. The van der Waals surface area contributed by atoms with Crippen molar-refractivity contribution in [2.75, 3.05) is 7.11 Å². The van der Waals surface area contributed by atoms with E-state index in [2.05, 4.69) is 9.46 Å². The molecule has 0 saturated heterocycles. The van der Waals surface area contributed by atoms with Crippen molar-refractivity contribution in [1.82, 2.24) is 4.72 Å². The van der Waals surface area contributed by atoms with Gasteiger partial charge in [0.1, 0.15) is 0 Å². The Kier molecular flexibility index (Phi) is 6.64. The monoisotopic (exact) mass is 349 g/mol. The van der Waals surface area contributed by atoms with Gasteiger partial charge in [-0.3, -0.25) is 0 Å². The predicted octanol–water partition coefficient (Wildman–Crippen LogP) is 2.85. The van der Waals surface area contributed by atoms with Crippen molar-refractivity contribution in [1.29, 1.82) is 0 Å². The van der Waals surface area contributed by atoms with Gasteiger partial charge in [0, 0.05) is 6.04 Å². The molecular weight excluding hydrogens is 328 g/mol. The molecule has 0 aliphatic rings. The fourth-order valence-corrected chi connectivity index (χ4v) is 3.27. The van der Waals surface area contributed by atoms with E-state index in [1.807, 2.05) is 13.8 Å². The third-order valence-corrected chi connectivity index (χ3v) is 4.82. The number of nitrogens with one attached hydrogen (secondary N) is 1. The van der Waals surface area contributed by atoms with Crippen LogP contribution in [0.15, 0.2) is 17.0 Å². The number of halogens is 2. The number of hydrogen-bond donors (Lipinski definition) is 1. The Labute approximate surface area is 135 Å². The van der Waals surface area contributed by atoms with Crippen LogP contribution in [0.25, 0.3) is 0 Å². The van der Waals surface area contributed by atoms with Crippen LogP contribution in [0, 0.1) is 17.6 Å². The predicted molar refractivity (Wildman–Crippen MR) is 81.6 cm³/mol. The zero-order valence-corrected chi connectivity index (χ0v) is 14.3. The minimum atomic E-state index is -4.08. The van der Waals surface area contributed by atoms with E-state index < -0.39 is 38.1 Å². The highest BCUT2D eigenvalue weighted by Gasteiger charge is 2.24. The molecule has 130 valence electrons. The van der Waals surface area contributed by atoms with Crippen LogP contribution in [-0.2, 0) is 14.8 Å². The number of benzene rings is 1. The molecule has 1 aromatic carbocycles. The van der Waals surface area contributed by atoms with Crippen molar-refractivity contribution in [2.24, 2.45) is 5.92 Å². The largest absolute Gasteiger partial charge is 0.465 e. The summed E-state index contributed by atoms with van der Waals surface area (Å²) in [5, 5.41) is 0. The highest BCUT2D eigenvalue weighted by Crippen LogP contribution is 2.20. The third kappa shape index (κ3) is 5.24. The smallest absolute Gasteiger partial charge is 0.341 e. The van der Waals surface area contributed by atoms with Crippen LogP contribution in [0.4, 0.5) is 8.78 Å². The van der Waals surface area contributed by atoms with Gasteiger partial charge in [-0.25, -0.2) is 26.7 Å². The number of ether oxygens (including phenoxy) is 1. The van der Waals surface area contributed by atoms with Gasteiger partial charge in [0.2, 0.25) is 10.0 Å². The van der Waals surface area contributed by atoms with Crippen LogP contribution in [0.2, 0.25) is 0 Å². The molecule has 0 fully saturated rings. The lowest BCUT2D eigenvalue weighted by atomic mass is 10.1. The average Bonchev–Trinajstić information content (AvgIpc) is 2.46. The summed E-state index contributed by atoms with van der Waals surface area (Å²) in [5.41, 5.74) is -0.761. The summed E-state index contributed by atoms with van der Waals surface area (Å²) in [4.78, 5) is 10.9. The van der Waals surface area contributed by atoms with Gasteiger partial charge in [-0.2, -0.15) is 0 Å². The van der Waals surface area contributed by atoms with Crippen LogP contribution < -0.4 is 4.72 Å². The van der Waals surface area contributed by atoms with E-state index in [1.165, 1.54) is 0 Å². The van der Waals surface area contributed by atoms with E-state index in [0.717, 1.165) is 19.6 Å². The van der Waals surface area contributed by atoms with E-state index in [-0.39, 0.29) is 6.04 Å². The number of hydrogen-bond acceptors (Lipinski definition) is 4. The quantitative estimate of drug-likeness (QED) is 0.768. The Morgan fingerprint density at radius 2 is 1.83 bits per heavy atom. The lowest BCUT2D eigenvalue weighted by Gasteiger charge is -2.16. The van der Waals surface area contributed by atoms with Crippen molar-refractivity contribution in [2.45, 2.75) is 44.6 Å². The van der Waals surface area contributed by atoms with E-state index in [4.69, 9.17) is 0 Å². The average molecular weight is 349 g/mol. The molecule has 1 rings (SSSR count). The van der Waals surface area contributed by atoms with Crippen LogP contribution in [-0.4, -0.2) is 27.5 Å². The second-order valence-corrected chi connectivity index (χ2v) is 7.47. The van der Waals surface area contributed by atoms with E-state index >= 15 is 0 Å². The normalized spacial score (nSPS) is 13.2. The molecule has 0 unspecified atom stereocenters. The number of carbonyl (C=O) groups excluding carboxylic acids is 1. The van der Waals surface area contributed by atoms with Gasteiger partial charge in [-0.1, -0.05) is 13.8 Å². The fraction of sp³-hybridized carbons (Fsp3) is 0.533. The van der Waals surface area contributed by atoms with E-state index in [9.17, 15) is 22.0 Å². The molecule has 0 heterocycles. The van der Waals surface area contributed by atoms with Gasteiger partial charge in [0.05, 0.1) is 17.6 Å². The summed E-state index contributed by atoms with van der Waals surface area (Å²) in [6, 6.07) is 0.929. The van der Waals surface area contributed by atoms with Gasteiger partial charge in [0.15, 0.2) is 11.6 Å². The summed E-state index contributed by atoms with van der Waals surface area (Å²) < 4.78 is 58.4. The van der Waals surface area contributed by atoms with Crippen molar-refractivity contribution in [3.63, 3.8) is 0 Å². The molecule has 5 nitrogen and oxygen atoms in total. The lowest BCUT2D eigenvalue weighted by Crippen LogP contribution is -2.33. The van der Waals surface area contributed by atoms with Crippen molar-refractivity contribution in [3.05, 3.63) is 29.3 Å². The first-order chi connectivity index (χ1) is 10.6. The summed E-state index contributed by atoms with van der Waals surface area (Å²) in [5.74, 6) is -3.60. The molecular formula is C15H21F2NO4S. The fourth-order valence-electron chi connectivity index (χ4n) is 1.95. The summed E-state index contributed by atoms with van der Waals surface area (Å²) in [6.45, 7) is 5.71. The number of carbonyl (C=O) groups is 1. The first-order valence-corrected chi connectivity index (χ1v) is 8.66. The third-order valence-electron chi connectivity index (χ3n) is 3.25. The molecule has 0 spiro atoms. The molecule has 0 radical (unpaired) electrons. The van der Waals surface area contributed by atoms with Crippen LogP contribution >= 0.6 is 0 Å². The maximum absolute atomic E-state index is 13.6. The Balaban J connectivity index is 3.09. The SMILES string of the molecule is COC(=O)c1cc(S(=O)(=O)N[C@@H](C)CCC(C)C)cc(F)c1F. The molecule has 1 atom stereocenters. The molecule has 0 amide bonds. The molecule has 0 saturated carbocycles. The second kappa shape index (κ2) is 7.83.